The van der Waals surface area contributed by atoms with Gasteiger partial charge in [-0.1, -0.05) is 35.9 Å². The molecule has 0 saturated carbocycles. The van der Waals surface area contributed by atoms with Crippen LogP contribution in [0.5, 0.6) is 0 Å². The molecule has 1 aliphatic heterocycles. The van der Waals surface area contributed by atoms with Gasteiger partial charge in [0, 0.05) is 31.1 Å². The first-order valence-electron chi connectivity index (χ1n) is 9.42. The van der Waals surface area contributed by atoms with Crippen molar-refractivity contribution in [2.24, 2.45) is 5.92 Å². The van der Waals surface area contributed by atoms with E-state index in [0.29, 0.717) is 37.4 Å². The van der Waals surface area contributed by atoms with Gasteiger partial charge in [-0.15, -0.1) is 0 Å². The molecule has 0 bridgehead atoms. The molecule has 0 spiro atoms. The lowest BCUT2D eigenvalue weighted by atomic mass is 9.95. The van der Waals surface area contributed by atoms with Crippen LogP contribution in [0.3, 0.4) is 0 Å². The van der Waals surface area contributed by atoms with Crippen LogP contribution in [-0.2, 0) is 9.53 Å². The SMILES string of the molecule is O=C(CNC(=O)c1ccccc1)NC[C@@H]1CNCCO[C@H]1c1ccc(Cl)c(F)c1. The predicted molar refractivity (Wildman–Crippen MR) is 108 cm³/mol. The number of nitrogens with one attached hydrogen (secondary N) is 3. The summed E-state index contributed by atoms with van der Waals surface area (Å²) in [5.41, 5.74) is 1.17. The third kappa shape index (κ3) is 6.00. The number of amides is 2. The van der Waals surface area contributed by atoms with E-state index in [-0.39, 0.29) is 35.4 Å². The van der Waals surface area contributed by atoms with Crippen molar-refractivity contribution in [1.82, 2.24) is 16.0 Å². The highest BCUT2D eigenvalue weighted by Crippen LogP contribution is 2.29. The molecule has 29 heavy (non-hydrogen) atoms. The van der Waals surface area contributed by atoms with E-state index in [1.54, 1.807) is 30.3 Å². The summed E-state index contributed by atoms with van der Waals surface area (Å²) in [4.78, 5) is 24.2. The van der Waals surface area contributed by atoms with E-state index >= 15 is 0 Å². The Bertz CT molecular complexity index is 850. The summed E-state index contributed by atoms with van der Waals surface area (Å²) in [6, 6.07) is 13.3. The van der Waals surface area contributed by atoms with Gasteiger partial charge < -0.3 is 20.7 Å². The number of benzene rings is 2. The van der Waals surface area contributed by atoms with Crippen molar-refractivity contribution in [1.29, 1.82) is 0 Å². The Hall–Kier alpha value is -2.48. The molecule has 154 valence electrons. The minimum atomic E-state index is -0.503. The molecule has 2 atom stereocenters. The monoisotopic (exact) mass is 419 g/mol. The van der Waals surface area contributed by atoms with Crippen LogP contribution in [0.2, 0.25) is 5.02 Å². The van der Waals surface area contributed by atoms with Crippen molar-refractivity contribution in [3.05, 3.63) is 70.5 Å². The van der Waals surface area contributed by atoms with Gasteiger partial charge in [0.25, 0.3) is 5.91 Å². The minimum Gasteiger partial charge on any atom is -0.372 e. The number of hydrogen-bond donors (Lipinski definition) is 3. The van der Waals surface area contributed by atoms with Crippen LogP contribution in [0, 0.1) is 11.7 Å². The van der Waals surface area contributed by atoms with Gasteiger partial charge in [0.15, 0.2) is 0 Å². The van der Waals surface area contributed by atoms with Gasteiger partial charge in [-0.25, -0.2) is 4.39 Å². The zero-order chi connectivity index (χ0) is 20.6. The smallest absolute Gasteiger partial charge is 0.251 e. The first kappa shape index (κ1) is 21.2. The quantitative estimate of drug-likeness (QED) is 0.671. The van der Waals surface area contributed by atoms with Crippen LogP contribution in [0.4, 0.5) is 4.39 Å². The molecule has 0 aromatic heterocycles. The molecule has 1 heterocycles. The standard InChI is InChI=1S/C21H23ClFN3O3/c22-17-7-6-15(10-18(17)23)20-16(11-24-8-9-29-20)12-25-19(27)13-26-21(28)14-4-2-1-3-5-14/h1-7,10,16,20,24H,8-9,11-13H2,(H,25,27)(H,26,28)/t16-,20-/m0/s1. The van der Waals surface area contributed by atoms with Crippen LogP contribution in [0.15, 0.2) is 48.5 Å². The molecule has 2 amide bonds. The molecular weight excluding hydrogens is 397 g/mol. The third-order valence-corrected chi connectivity index (χ3v) is 5.00. The third-order valence-electron chi connectivity index (χ3n) is 4.69. The first-order chi connectivity index (χ1) is 14.0. The highest BCUT2D eigenvalue weighted by molar-refractivity contribution is 6.30. The summed E-state index contributed by atoms with van der Waals surface area (Å²) in [6.45, 7) is 1.94. The van der Waals surface area contributed by atoms with E-state index in [1.807, 2.05) is 6.07 Å². The van der Waals surface area contributed by atoms with Crippen molar-refractivity contribution in [2.45, 2.75) is 6.10 Å². The summed E-state index contributed by atoms with van der Waals surface area (Å²) in [7, 11) is 0. The van der Waals surface area contributed by atoms with Crippen molar-refractivity contribution in [2.75, 3.05) is 32.8 Å². The Balaban J connectivity index is 1.55. The van der Waals surface area contributed by atoms with E-state index < -0.39 is 5.82 Å². The van der Waals surface area contributed by atoms with Crippen LogP contribution in [0.25, 0.3) is 0 Å². The van der Waals surface area contributed by atoms with Gasteiger partial charge in [0.05, 0.1) is 24.3 Å². The Morgan fingerprint density at radius 2 is 1.97 bits per heavy atom. The van der Waals surface area contributed by atoms with Gasteiger partial charge in [0.1, 0.15) is 5.82 Å². The summed E-state index contributed by atoms with van der Waals surface area (Å²) in [6.07, 6.45) is -0.379. The zero-order valence-electron chi connectivity index (χ0n) is 15.8. The molecule has 1 fully saturated rings. The molecule has 0 aliphatic carbocycles. The maximum atomic E-state index is 13.9. The Labute approximate surface area is 173 Å². The second kappa shape index (κ2) is 10.3. The van der Waals surface area contributed by atoms with E-state index in [4.69, 9.17) is 16.3 Å². The Kier molecular flexibility index (Phi) is 7.57. The number of rotatable bonds is 6. The molecule has 8 heteroatoms. The van der Waals surface area contributed by atoms with Crippen molar-refractivity contribution >= 4 is 23.4 Å². The molecule has 0 radical (unpaired) electrons. The second-order valence-corrected chi connectivity index (χ2v) is 7.19. The molecular formula is C21H23ClFN3O3. The number of hydrogen-bond acceptors (Lipinski definition) is 4. The fourth-order valence-electron chi connectivity index (χ4n) is 3.19. The summed E-state index contributed by atoms with van der Waals surface area (Å²) < 4.78 is 19.8. The predicted octanol–water partition coefficient (Wildman–Crippen LogP) is 2.30. The van der Waals surface area contributed by atoms with E-state index in [0.717, 1.165) is 0 Å². The number of carbonyl (C=O) groups is 2. The number of carbonyl (C=O) groups excluding carboxylic acids is 2. The molecule has 2 aromatic carbocycles. The highest BCUT2D eigenvalue weighted by atomic mass is 35.5. The van der Waals surface area contributed by atoms with Gasteiger partial charge in [-0.05, 0) is 29.8 Å². The second-order valence-electron chi connectivity index (χ2n) is 6.78. The van der Waals surface area contributed by atoms with Crippen molar-refractivity contribution in [3.63, 3.8) is 0 Å². The minimum absolute atomic E-state index is 0.0551. The van der Waals surface area contributed by atoms with E-state index in [9.17, 15) is 14.0 Å². The molecule has 0 unspecified atom stereocenters. The van der Waals surface area contributed by atoms with Gasteiger partial charge in [-0.2, -0.15) is 0 Å². The topological polar surface area (TPSA) is 79.5 Å². The maximum absolute atomic E-state index is 13.9. The lowest BCUT2D eigenvalue weighted by Crippen LogP contribution is -2.41. The normalized spacial score (nSPS) is 19.2. The number of ether oxygens (including phenoxy) is 1. The molecule has 1 aliphatic rings. The lowest BCUT2D eigenvalue weighted by molar-refractivity contribution is -0.120. The van der Waals surface area contributed by atoms with E-state index in [2.05, 4.69) is 16.0 Å². The molecule has 3 N–H and O–H groups in total. The van der Waals surface area contributed by atoms with Crippen LogP contribution < -0.4 is 16.0 Å². The fourth-order valence-corrected chi connectivity index (χ4v) is 3.30. The van der Waals surface area contributed by atoms with Crippen molar-refractivity contribution in [3.8, 4) is 0 Å². The largest absolute Gasteiger partial charge is 0.372 e. The van der Waals surface area contributed by atoms with Crippen LogP contribution >= 0.6 is 11.6 Å². The van der Waals surface area contributed by atoms with E-state index in [1.165, 1.54) is 12.1 Å². The molecule has 3 rings (SSSR count). The summed E-state index contributed by atoms with van der Waals surface area (Å²) >= 11 is 5.78. The van der Waals surface area contributed by atoms with Gasteiger partial charge >= 0.3 is 0 Å². The highest BCUT2D eigenvalue weighted by Gasteiger charge is 2.27. The summed E-state index contributed by atoms with van der Waals surface area (Å²) in [5, 5.41) is 8.72. The molecule has 6 nitrogen and oxygen atoms in total. The maximum Gasteiger partial charge on any atom is 0.251 e. The first-order valence-corrected chi connectivity index (χ1v) is 9.79. The van der Waals surface area contributed by atoms with Gasteiger partial charge in [0.2, 0.25) is 5.91 Å². The number of halogens is 2. The Morgan fingerprint density at radius 1 is 1.17 bits per heavy atom. The van der Waals surface area contributed by atoms with Crippen LogP contribution in [-0.4, -0.2) is 44.6 Å². The average Bonchev–Trinajstić information content (AvgIpc) is 2.98. The van der Waals surface area contributed by atoms with Crippen molar-refractivity contribution < 1.29 is 18.7 Å². The lowest BCUT2D eigenvalue weighted by Gasteiger charge is -2.25. The fraction of sp³-hybridized carbons (Fsp3) is 0.333. The van der Waals surface area contributed by atoms with Crippen LogP contribution in [0.1, 0.15) is 22.0 Å². The molecule has 2 aromatic rings. The average molecular weight is 420 g/mol. The molecule has 1 saturated heterocycles. The Morgan fingerprint density at radius 3 is 2.72 bits per heavy atom. The summed E-state index contributed by atoms with van der Waals surface area (Å²) in [5.74, 6) is -1.22. The van der Waals surface area contributed by atoms with Gasteiger partial charge in [-0.3, -0.25) is 9.59 Å². The zero-order valence-corrected chi connectivity index (χ0v) is 16.5.